The fraction of sp³-hybridized carbons (Fsp3) is 0.667. The maximum absolute atomic E-state index is 12.3. The van der Waals surface area contributed by atoms with Gasteiger partial charge in [-0.25, -0.2) is 8.42 Å². The van der Waals surface area contributed by atoms with E-state index in [0.717, 1.165) is 0 Å². The van der Waals surface area contributed by atoms with E-state index in [1.54, 1.807) is 6.92 Å². The SMILES string of the molecule is Cc1[nH]ncc1S(=O)(=O)N1CCOC(CN)C1. The molecule has 0 aliphatic carbocycles. The molecule has 96 valence electrons. The molecule has 1 atom stereocenters. The number of aryl methyl sites for hydroxylation is 1. The van der Waals surface area contributed by atoms with Crippen LogP contribution in [0.3, 0.4) is 0 Å². The second-order valence-corrected chi connectivity index (χ2v) is 5.86. The van der Waals surface area contributed by atoms with Crippen molar-refractivity contribution in [1.82, 2.24) is 14.5 Å². The molecular formula is C9H16N4O3S. The normalized spacial score (nSPS) is 22.8. The van der Waals surface area contributed by atoms with Crippen molar-refractivity contribution < 1.29 is 13.2 Å². The Kier molecular flexibility index (Phi) is 3.48. The van der Waals surface area contributed by atoms with Gasteiger partial charge >= 0.3 is 0 Å². The Balaban J connectivity index is 2.24. The van der Waals surface area contributed by atoms with E-state index in [-0.39, 0.29) is 11.0 Å². The summed E-state index contributed by atoms with van der Waals surface area (Å²) in [6.07, 6.45) is 1.10. The predicted octanol–water partition coefficient (Wildman–Crippen LogP) is -0.934. The third-order valence-electron chi connectivity index (χ3n) is 2.77. The van der Waals surface area contributed by atoms with E-state index in [4.69, 9.17) is 10.5 Å². The number of hydrogen-bond acceptors (Lipinski definition) is 5. The monoisotopic (exact) mass is 260 g/mol. The van der Waals surface area contributed by atoms with Crippen LogP contribution in [0, 0.1) is 6.92 Å². The molecule has 0 radical (unpaired) electrons. The van der Waals surface area contributed by atoms with Crippen molar-refractivity contribution in [2.24, 2.45) is 5.73 Å². The molecule has 7 nitrogen and oxygen atoms in total. The molecule has 1 aromatic heterocycles. The van der Waals surface area contributed by atoms with Gasteiger partial charge in [0.1, 0.15) is 4.90 Å². The van der Waals surface area contributed by atoms with Gasteiger partial charge in [0.05, 0.1) is 24.6 Å². The van der Waals surface area contributed by atoms with Crippen LogP contribution in [0.25, 0.3) is 0 Å². The van der Waals surface area contributed by atoms with Gasteiger partial charge in [0.2, 0.25) is 10.0 Å². The lowest BCUT2D eigenvalue weighted by atomic mass is 10.3. The predicted molar refractivity (Wildman–Crippen MR) is 60.9 cm³/mol. The molecule has 1 fully saturated rings. The summed E-state index contributed by atoms with van der Waals surface area (Å²) in [5, 5.41) is 6.36. The summed E-state index contributed by atoms with van der Waals surface area (Å²) in [5.41, 5.74) is 6.03. The molecule has 1 aliphatic rings. The number of rotatable bonds is 3. The summed E-state index contributed by atoms with van der Waals surface area (Å²) in [6, 6.07) is 0. The standard InChI is InChI=1S/C9H16N4O3S/c1-7-9(5-11-12-7)17(14,15)13-2-3-16-8(4-10)6-13/h5,8H,2-4,6,10H2,1H3,(H,11,12). The van der Waals surface area contributed by atoms with E-state index >= 15 is 0 Å². The average Bonchev–Trinajstić information content (AvgIpc) is 2.76. The fourth-order valence-corrected chi connectivity index (χ4v) is 3.37. The molecule has 1 unspecified atom stereocenters. The molecular weight excluding hydrogens is 244 g/mol. The van der Waals surface area contributed by atoms with Gasteiger partial charge < -0.3 is 10.5 Å². The van der Waals surface area contributed by atoms with Crippen molar-refractivity contribution in [3.8, 4) is 0 Å². The van der Waals surface area contributed by atoms with Crippen LogP contribution in [0.2, 0.25) is 0 Å². The fourth-order valence-electron chi connectivity index (χ4n) is 1.79. The van der Waals surface area contributed by atoms with Gasteiger partial charge in [-0.15, -0.1) is 0 Å². The molecule has 1 saturated heterocycles. The lowest BCUT2D eigenvalue weighted by Gasteiger charge is -2.31. The minimum absolute atomic E-state index is 0.218. The Morgan fingerprint density at radius 3 is 3.06 bits per heavy atom. The molecule has 0 saturated carbocycles. The number of nitrogens with zero attached hydrogens (tertiary/aromatic N) is 2. The minimum atomic E-state index is -3.49. The number of aromatic amines is 1. The average molecular weight is 260 g/mol. The van der Waals surface area contributed by atoms with E-state index in [9.17, 15) is 8.42 Å². The van der Waals surface area contributed by atoms with E-state index < -0.39 is 10.0 Å². The van der Waals surface area contributed by atoms with Crippen LogP contribution in [0.15, 0.2) is 11.1 Å². The van der Waals surface area contributed by atoms with E-state index in [2.05, 4.69) is 10.2 Å². The van der Waals surface area contributed by atoms with Crippen molar-refractivity contribution in [2.45, 2.75) is 17.9 Å². The van der Waals surface area contributed by atoms with Crippen molar-refractivity contribution in [2.75, 3.05) is 26.2 Å². The molecule has 8 heteroatoms. The van der Waals surface area contributed by atoms with Crippen molar-refractivity contribution in [3.05, 3.63) is 11.9 Å². The van der Waals surface area contributed by atoms with Gasteiger partial charge in [0, 0.05) is 19.6 Å². The first-order valence-electron chi connectivity index (χ1n) is 5.37. The quantitative estimate of drug-likeness (QED) is 0.731. The number of morpholine rings is 1. The van der Waals surface area contributed by atoms with Crippen LogP contribution >= 0.6 is 0 Å². The number of aromatic nitrogens is 2. The van der Waals surface area contributed by atoms with Crippen LogP contribution in [0.4, 0.5) is 0 Å². The lowest BCUT2D eigenvalue weighted by molar-refractivity contribution is 0.00449. The maximum atomic E-state index is 12.3. The van der Waals surface area contributed by atoms with E-state index in [0.29, 0.717) is 31.9 Å². The molecule has 1 aliphatic heterocycles. The lowest BCUT2D eigenvalue weighted by Crippen LogP contribution is -2.48. The largest absolute Gasteiger partial charge is 0.374 e. The molecule has 1 aromatic rings. The molecule has 0 amide bonds. The second-order valence-electron chi connectivity index (χ2n) is 3.95. The molecule has 2 rings (SSSR count). The highest BCUT2D eigenvalue weighted by atomic mass is 32.2. The van der Waals surface area contributed by atoms with Gasteiger partial charge in [0.15, 0.2) is 0 Å². The summed E-state index contributed by atoms with van der Waals surface area (Å²) in [4.78, 5) is 0.218. The number of nitrogens with two attached hydrogens (primary N) is 1. The first kappa shape index (κ1) is 12.5. The second kappa shape index (κ2) is 4.73. The van der Waals surface area contributed by atoms with Gasteiger partial charge in [-0.3, -0.25) is 5.10 Å². The van der Waals surface area contributed by atoms with Gasteiger partial charge in [-0.05, 0) is 6.92 Å². The Morgan fingerprint density at radius 2 is 2.47 bits per heavy atom. The number of ether oxygens (including phenoxy) is 1. The Bertz CT molecular complexity index is 484. The van der Waals surface area contributed by atoms with E-state index in [1.165, 1.54) is 10.5 Å². The molecule has 0 spiro atoms. The molecule has 0 aromatic carbocycles. The van der Waals surface area contributed by atoms with Crippen molar-refractivity contribution in [3.63, 3.8) is 0 Å². The molecule has 17 heavy (non-hydrogen) atoms. The third-order valence-corrected chi connectivity index (χ3v) is 4.74. The Labute approximate surface area is 100.0 Å². The highest BCUT2D eigenvalue weighted by Crippen LogP contribution is 2.19. The zero-order valence-electron chi connectivity index (χ0n) is 9.59. The number of sulfonamides is 1. The summed E-state index contributed by atoms with van der Waals surface area (Å²) in [6.45, 7) is 3.02. The Hall–Kier alpha value is -0.960. The smallest absolute Gasteiger partial charge is 0.246 e. The van der Waals surface area contributed by atoms with Crippen LogP contribution in [-0.4, -0.2) is 55.3 Å². The summed E-state index contributed by atoms with van der Waals surface area (Å²) < 4.78 is 31.3. The highest BCUT2D eigenvalue weighted by molar-refractivity contribution is 7.89. The van der Waals surface area contributed by atoms with Crippen LogP contribution in [0.5, 0.6) is 0 Å². The zero-order chi connectivity index (χ0) is 12.5. The molecule has 3 N–H and O–H groups in total. The van der Waals surface area contributed by atoms with Gasteiger partial charge in [-0.1, -0.05) is 0 Å². The summed E-state index contributed by atoms with van der Waals surface area (Å²) in [7, 11) is -3.49. The molecule has 2 heterocycles. The van der Waals surface area contributed by atoms with Crippen LogP contribution in [-0.2, 0) is 14.8 Å². The third kappa shape index (κ3) is 2.34. The van der Waals surface area contributed by atoms with Crippen molar-refractivity contribution >= 4 is 10.0 Å². The highest BCUT2D eigenvalue weighted by Gasteiger charge is 2.31. The number of hydrogen-bond donors (Lipinski definition) is 2. The van der Waals surface area contributed by atoms with Crippen LogP contribution in [0.1, 0.15) is 5.69 Å². The first-order valence-corrected chi connectivity index (χ1v) is 6.81. The summed E-state index contributed by atoms with van der Waals surface area (Å²) in [5.74, 6) is 0. The van der Waals surface area contributed by atoms with Gasteiger partial charge in [-0.2, -0.15) is 9.40 Å². The molecule has 0 bridgehead atoms. The topological polar surface area (TPSA) is 101 Å². The van der Waals surface area contributed by atoms with E-state index in [1.807, 2.05) is 0 Å². The number of nitrogens with one attached hydrogen (secondary N) is 1. The number of H-pyrrole nitrogens is 1. The van der Waals surface area contributed by atoms with Gasteiger partial charge in [0.25, 0.3) is 0 Å². The first-order chi connectivity index (χ1) is 8.05. The van der Waals surface area contributed by atoms with Crippen LogP contribution < -0.4 is 5.73 Å². The maximum Gasteiger partial charge on any atom is 0.246 e. The summed E-state index contributed by atoms with van der Waals surface area (Å²) >= 11 is 0. The van der Waals surface area contributed by atoms with Crippen molar-refractivity contribution in [1.29, 1.82) is 0 Å². The Morgan fingerprint density at radius 1 is 1.71 bits per heavy atom. The zero-order valence-corrected chi connectivity index (χ0v) is 10.4. The minimum Gasteiger partial charge on any atom is -0.374 e.